The zero-order chi connectivity index (χ0) is 11.4. The van der Waals surface area contributed by atoms with E-state index in [2.05, 4.69) is 12.1 Å². The van der Waals surface area contributed by atoms with Crippen LogP contribution in [0.5, 0.6) is 5.75 Å². The van der Waals surface area contributed by atoms with Gasteiger partial charge in [0.1, 0.15) is 24.9 Å². The number of methoxy groups -OCH3 is 1. The zero-order valence-electron chi connectivity index (χ0n) is 9.78. The molecule has 1 aromatic rings. The van der Waals surface area contributed by atoms with Crippen LogP contribution in [0.4, 0.5) is 0 Å². The lowest BCUT2D eigenvalue weighted by Crippen LogP contribution is -3.12. The Morgan fingerprint density at radius 2 is 2.12 bits per heavy atom. The van der Waals surface area contributed by atoms with E-state index >= 15 is 0 Å². The first kappa shape index (κ1) is 11.4. The van der Waals surface area contributed by atoms with Crippen molar-refractivity contribution in [1.82, 2.24) is 0 Å². The number of piperidine rings is 1. The Hall–Kier alpha value is -1.06. The van der Waals surface area contributed by atoms with Gasteiger partial charge in [0.15, 0.2) is 0 Å². The first-order chi connectivity index (χ1) is 7.78. The predicted octanol–water partition coefficient (Wildman–Crippen LogP) is 0.235. The molecule has 0 radical (unpaired) electrons. The SMILES string of the molecule is COc1ccc(C[NH+]2CCC[C@H](O)C2)cc1. The second-order valence-electron chi connectivity index (χ2n) is 4.53. The third-order valence-electron chi connectivity index (χ3n) is 3.21. The van der Waals surface area contributed by atoms with Gasteiger partial charge in [0.25, 0.3) is 0 Å². The van der Waals surface area contributed by atoms with Crippen LogP contribution in [0.3, 0.4) is 0 Å². The number of ether oxygens (including phenoxy) is 1. The maximum Gasteiger partial charge on any atom is 0.118 e. The summed E-state index contributed by atoms with van der Waals surface area (Å²) in [5, 5.41) is 9.60. The minimum atomic E-state index is -0.109. The molecule has 0 spiro atoms. The third kappa shape index (κ3) is 2.97. The molecule has 1 unspecified atom stereocenters. The van der Waals surface area contributed by atoms with Gasteiger partial charge in [-0.15, -0.1) is 0 Å². The monoisotopic (exact) mass is 222 g/mol. The van der Waals surface area contributed by atoms with Crippen LogP contribution in [-0.2, 0) is 6.54 Å². The summed E-state index contributed by atoms with van der Waals surface area (Å²) < 4.78 is 5.13. The lowest BCUT2D eigenvalue weighted by Gasteiger charge is -2.27. The number of hydrogen-bond donors (Lipinski definition) is 2. The minimum Gasteiger partial charge on any atom is -0.497 e. The third-order valence-corrected chi connectivity index (χ3v) is 3.21. The van der Waals surface area contributed by atoms with E-state index in [1.165, 1.54) is 17.0 Å². The number of hydrogen-bond acceptors (Lipinski definition) is 2. The normalized spacial score (nSPS) is 25.4. The summed E-state index contributed by atoms with van der Waals surface area (Å²) in [7, 11) is 1.68. The standard InChI is InChI=1S/C13H19NO2/c1-16-13-6-4-11(5-7-13)9-14-8-2-3-12(15)10-14/h4-7,12,15H,2-3,8-10H2,1H3/p+1/t12-/m0/s1. The summed E-state index contributed by atoms with van der Waals surface area (Å²) >= 11 is 0. The van der Waals surface area contributed by atoms with Gasteiger partial charge >= 0.3 is 0 Å². The van der Waals surface area contributed by atoms with Crippen LogP contribution in [0.25, 0.3) is 0 Å². The average Bonchev–Trinajstić information content (AvgIpc) is 2.30. The number of nitrogens with one attached hydrogen (secondary N) is 1. The van der Waals surface area contributed by atoms with Gasteiger partial charge in [0.2, 0.25) is 0 Å². The van der Waals surface area contributed by atoms with Crippen molar-refractivity contribution in [3.05, 3.63) is 29.8 Å². The smallest absolute Gasteiger partial charge is 0.118 e. The van der Waals surface area contributed by atoms with Crippen molar-refractivity contribution in [3.63, 3.8) is 0 Å². The molecule has 88 valence electrons. The molecule has 1 fully saturated rings. The Morgan fingerprint density at radius 3 is 2.75 bits per heavy atom. The second-order valence-corrected chi connectivity index (χ2v) is 4.53. The molecule has 0 saturated carbocycles. The van der Waals surface area contributed by atoms with E-state index in [1.807, 2.05) is 12.1 Å². The van der Waals surface area contributed by atoms with E-state index in [0.29, 0.717) is 0 Å². The number of rotatable bonds is 3. The molecule has 0 aromatic heterocycles. The maximum absolute atomic E-state index is 9.60. The summed E-state index contributed by atoms with van der Waals surface area (Å²) in [6, 6.07) is 8.20. The number of quaternary nitrogens is 1. The zero-order valence-corrected chi connectivity index (χ0v) is 9.78. The molecule has 1 aliphatic heterocycles. The fraction of sp³-hybridized carbons (Fsp3) is 0.538. The van der Waals surface area contributed by atoms with Crippen molar-refractivity contribution in [2.24, 2.45) is 0 Å². The molecule has 3 nitrogen and oxygen atoms in total. The lowest BCUT2D eigenvalue weighted by molar-refractivity contribution is -0.921. The molecule has 16 heavy (non-hydrogen) atoms. The second kappa shape index (κ2) is 5.32. The van der Waals surface area contributed by atoms with E-state index < -0.39 is 0 Å². The Morgan fingerprint density at radius 1 is 1.38 bits per heavy atom. The quantitative estimate of drug-likeness (QED) is 0.768. The van der Waals surface area contributed by atoms with Gasteiger partial charge in [-0.2, -0.15) is 0 Å². The molecular formula is C13H20NO2+. The first-order valence-electron chi connectivity index (χ1n) is 5.92. The van der Waals surface area contributed by atoms with Crippen molar-refractivity contribution in [2.75, 3.05) is 20.2 Å². The fourth-order valence-electron chi connectivity index (χ4n) is 2.32. The first-order valence-corrected chi connectivity index (χ1v) is 5.92. The molecule has 3 heteroatoms. The molecule has 2 rings (SSSR count). The van der Waals surface area contributed by atoms with E-state index in [0.717, 1.165) is 31.7 Å². The fourth-order valence-corrected chi connectivity index (χ4v) is 2.32. The van der Waals surface area contributed by atoms with Crippen molar-refractivity contribution >= 4 is 0 Å². The van der Waals surface area contributed by atoms with E-state index in [9.17, 15) is 5.11 Å². The Kier molecular flexibility index (Phi) is 3.80. The summed E-state index contributed by atoms with van der Waals surface area (Å²) in [6.07, 6.45) is 1.99. The van der Waals surface area contributed by atoms with E-state index in [1.54, 1.807) is 7.11 Å². The van der Waals surface area contributed by atoms with Crippen LogP contribution in [0.15, 0.2) is 24.3 Å². The highest BCUT2D eigenvalue weighted by atomic mass is 16.5. The highest BCUT2D eigenvalue weighted by Crippen LogP contribution is 2.10. The van der Waals surface area contributed by atoms with Crippen LogP contribution in [-0.4, -0.2) is 31.4 Å². The number of aliphatic hydroxyl groups excluding tert-OH is 1. The topological polar surface area (TPSA) is 33.9 Å². The molecule has 1 aliphatic rings. The molecule has 2 atom stereocenters. The molecule has 1 heterocycles. The van der Waals surface area contributed by atoms with Gasteiger partial charge in [-0.05, 0) is 37.1 Å². The van der Waals surface area contributed by atoms with Crippen LogP contribution >= 0.6 is 0 Å². The summed E-state index contributed by atoms with van der Waals surface area (Å²) in [6.45, 7) is 3.05. The minimum absolute atomic E-state index is 0.109. The molecule has 1 saturated heterocycles. The van der Waals surface area contributed by atoms with Crippen molar-refractivity contribution < 1.29 is 14.7 Å². The largest absolute Gasteiger partial charge is 0.497 e. The Balaban J connectivity index is 1.92. The number of aliphatic hydroxyl groups is 1. The summed E-state index contributed by atoms with van der Waals surface area (Å²) in [4.78, 5) is 1.48. The van der Waals surface area contributed by atoms with Crippen molar-refractivity contribution in [3.8, 4) is 5.75 Å². The van der Waals surface area contributed by atoms with Gasteiger partial charge in [-0.1, -0.05) is 0 Å². The molecule has 0 aliphatic carbocycles. The molecule has 2 N–H and O–H groups in total. The van der Waals surface area contributed by atoms with Crippen molar-refractivity contribution in [2.45, 2.75) is 25.5 Å². The van der Waals surface area contributed by atoms with Gasteiger partial charge in [-0.3, -0.25) is 0 Å². The molecule has 0 bridgehead atoms. The maximum atomic E-state index is 9.60. The van der Waals surface area contributed by atoms with E-state index in [-0.39, 0.29) is 6.10 Å². The summed E-state index contributed by atoms with van der Waals surface area (Å²) in [5.41, 5.74) is 1.31. The van der Waals surface area contributed by atoms with Crippen LogP contribution in [0.2, 0.25) is 0 Å². The Labute approximate surface area is 96.6 Å². The van der Waals surface area contributed by atoms with E-state index in [4.69, 9.17) is 4.74 Å². The number of likely N-dealkylation sites (tertiary alicyclic amines) is 1. The van der Waals surface area contributed by atoms with Crippen LogP contribution < -0.4 is 9.64 Å². The predicted molar refractivity (Wildman–Crippen MR) is 62.6 cm³/mol. The molecular weight excluding hydrogens is 202 g/mol. The lowest BCUT2D eigenvalue weighted by atomic mass is 10.1. The molecule has 1 aromatic carbocycles. The van der Waals surface area contributed by atoms with Crippen LogP contribution in [0.1, 0.15) is 18.4 Å². The summed E-state index contributed by atoms with van der Waals surface area (Å²) in [5.74, 6) is 0.900. The average molecular weight is 222 g/mol. The highest BCUT2D eigenvalue weighted by Gasteiger charge is 2.20. The molecule has 0 amide bonds. The Bertz CT molecular complexity index is 323. The van der Waals surface area contributed by atoms with Gasteiger partial charge in [0, 0.05) is 5.56 Å². The highest BCUT2D eigenvalue weighted by molar-refractivity contribution is 5.26. The van der Waals surface area contributed by atoms with Gasteiger partial charge in [-0.25, -0.2) is 0 Å². The van der Waals surface area contributed by atoms with Gasteiger partial charge < -0.3 is 14.7 Å². The van der Waals surface area contributed by atoms with Crippen molar-refractivity contribution in [1.29, 1.82) is 0 Å². The number of benzene rings is 1. The van der Waals surface area contributed by atoms with Crippen LogP contribution in [0, 0.1) is 0 Å². The van der Waals surface area contributed by atoms with Gasteiger partial charge in [0.05, 0.1) is 13.7 Å².